The Balaban J connectivity index is 1.98. The molecular weight excluding hydrogens is 334 g/mol. The molecule has 0 radical (unpaired) electrons. The zero-order valence-electron chi connectivity index (χ0n) is 16.3. The quantitative estimate of drug-likeness (QED) is 0.649. The van der Waals surface area contributed by atoms with Crippen molar-refractivity contribution in [2.45, 2.75) is 6.92 Å². The van der Waals surface area contributed by atoms with Crippen LogP contribution in [0.3, 0.4) is 0 Å². The maximum Gasteiger partial charge on any atom is 0.225 e. The first-order valence-electron chi connectivity index (χ1n) is 9.33. The van der Waals surface area contributed by atoms with Crippen molar-refractivity contribution in [1.82, 2.24) is 14.9 Å². The van der Waals surface area contributed by atoms with Gasteiger partial charge < -0.3 is 15.1 Å². The summed E-state index contributed by atoms with van der Waals surface area (Å²) in [6.07, 6.45) is 0. The highest BCUT2D eigenvalue weighted by Gasteiger charge is 2.13. The lowest BCUT2D eigenvalue weighted by molar-refractivity contribution is 0.425. The molecule has 0 amide bonds. The minimum absolute atomic E-state index is 0.655. The van der Waals surface area contributed by atoms with Gasteiger partial charge in [-0.05, 0) is 33.2 Å². The van der Waals surface area contributed by atoms with Crippen LogP contribution in [0.5, 0.6) is 0 Å². The van der Waals surface area contributed by atoms with Crippen LogP contribution in [0.25, 0.3) is 11.3 Å². The van der Waals surface area contributed by atoms with Crippen LogP contribution in [0.1, 0.15) is 6.92 Å². The fraction of sp³-hybridized carbons (Fsp3) is 0.273. The average molecular weight is 361 g/mol. The number of rotatable bonds is 8. The zero-order chi connectivity index (χ0) is 19.1. The van der Waals surface area contributed by atoms with Gasteiger partial charge >= 0.3 is 0 Å². The molecule has 5 nitrogen and oxygen atoms in total. The molecular formula is C22H27N5. The van der Waals surface area contributed by atoms with Crippen LogP contribution in [-0.4, -0.2) is 48.6 Å². The Morgan fingerprint density at radius 1 is 0.889 bits per heavy atom. The van der Waals surface area contributed by atoms with E-state index >= 15 is 0 Å². The number of nitrogens with one attached hydrogen (secondary N) is 1. The monoisotopic (exact) mass is 361 g/mol. The summed E-state index contributed by atoms with van der Waals surface area (Å²) in [4.78, 5) is 13.9. The molecule has 0 bridgehead atoms. The van der Waals surface area contributed by atoms with E-state index in [9.17, 15) is 0 Å². The van der Waals surface area contributed by atoms with Gasteiger partial charge in [-0.15, -0.1) is 0 Å². The molecule has 0 fully saturated rings. The minimum Gasteiger partial charge on any atom is -0.353 e. The summed E-state index contributed by atoms with van der Waals surface area (Å²) in [7, 11) is 4.12. The van der Waals surface area contributed by atoms with Gasteiger partial charge in [0.2, 0.25) is 5.95 Å². The molecule has 3 aromatic rings. The number of likely N-dealkylation sites (N-methyl/N-ethyl adjacent to an activating group) is 1. The highest BCUT2D eigenvalue weighted by Crippen LogP contribution is 2.28. The number of hydrogen-bond donors (Lipinski definition) is 1. The maximum atomic E-state index is 4.79. The van der Waals surface area contributed by atoms with E-state index in [4.69, 9.17) is 9.97 Å². The third kappa shape index (κ3) is 5.05. The molecule has 140 valence electrons. The highest BCUT2D eigenvalue weighted by atomic mass is 15.2. The van der Waals surface area contributed by atoms with Crippen LogP contribution in [0.15, 0.2) is 66.7 Å². The number of hydrogen-bond acceptors (Lipinski definition) is 5. The molecule has 0 unspecified atom stereocenters. The Bertz CT molecular complexity index is 834. The van der Waals surface area contributed by atoms with Gasteiger partial charge in [0.1, 0.15) is 5.82 Å². The maximum absolute atomic E-state index is 4.79. The molecule has 0 saturated carbocycles. The van der Waals surface area contributed by atoms with Crippen LogP contribution in [0, 0.1) is 0 Å². The van der Waals surface area contributed by atoms with E-state index in [1.54, 1.807) is 0 Å². The van der Waals surface area contributed by atoms with E-state index < -0.39 is 0 Å². The van der Waals surface area contributed by atoms with Crippen molar-refractivity contribution in [2.75, 3.05) is 43.9 Å². The van der Waals surface area contributed by atoms with Gasteiger partial charge in [-0.3, -0.25) is 0 Å². The van der Waals surface area contributed by atoms with Gasteiger partial charge in [0, 0.05) is 37.0 Å². The normalized spacial score (nSPS) is 10.8. The van der Waals surface area contributed by atoms with Crippen LogP contribution < -0.4 is 10.2 Å². The van der Waals surface area contributed by atoms with Crippen molar-refractivity contribution in [3.63, 3.8) is 0 Å². The molecule has 5 heteroatoms. The van der Waals surface area contributed by atoms with E-state index in [-0.39, 0.29) is 0 Å². The molecule has 0 aliphatic rings. The number of benzene rings is 2. The SMILES string of the molecule is CCN(c1ccccc1)c1cc(-c2ccccc2)nc(NCCN(C)C)n1. The van der Waals surface area contributed by atoms with Crippen LogP contribution in [0.2, 0.25) is 0 Å². The number of anilines is 3. The summed E-state index contributed by atoms with van der Waals surface area (Å²) in [5.74, 6) is 1.55. The predicted molar refractivity (Wildman–Crippen MR) is 114 cm³/mol. The number of nitrogens with zero attached hydrogens (tertiary/aromatic N) is 4. The van der Waals surface area contributed by atoms with Crippen molar-refractivity contribution >= 4 is 17.5 Å². The number of para-hydroxylation sites is 1. The van der Waals surface area contributed by atoms with Crippen molar-refractivity contribution in [2.24, 2.45) is 0 Å². The van der Waals surface area contributed by atoms with Crippen molar-refractivity contribution in [3.8, 4) is 11.3 Å². The predicted octanol–water partition coefficient (Wildman–Crippen LogP) is 4.28. The standard InChI is InChI=1S/C22H27N5/c1-4-27(19-13-9-6-10-14-19)21-17-20(18-11-7-5-8-12-18)24-22(25-21)23-15-16-26(2)3/h5-14,17H,4,15-16H2,1-3H3,(H,23,24,25). The average Bonchev–Trinajstić information content (AvgIpc) is 2.70. The largest absolute Gasteiger partial charge is 0.353 e. The van der Waals surface area contributed by atoms with Gasteiger partial charge in [0.15, 0.2) is 0 Å². The first kappa shape index (κ1) is 18.9. The van der Waals surface area contributed by atoms with E-state index in [2.05, 4.69) is 66.5 Å². The third-order valence-corrected chi connectivity index (χ3v) is 4.28. The number of aromatic nitrogens is 2. The highest BCUT2D eigenvalue weighted by molar-refractivity contribution is 5.68. The van der Waals surface area contributed by atoms with Gasteiger partial charge in [0.05, 0.1) is 5.69 Å². The Morgan fingerprint density at radius 3 is 2.19 bits per heavy atom. The molecule has 0 atom stereocenters. The van der Waals surface area contributed by atoms with E-state index in [1.807, 2.05) is 36.4 Å². The molecule has 0 aliphatic carbocycles. The Hall–Kier alpha value is -2.92. The van der Waals surface area contributed by atoms with E-state index in [1.165, 1.54) is 0 Å². The molecule has 0 aliphatic heterocycles. The minimum atomic E-state index is 0.655. The lowest BCUT2D eigenvalue weighted by atomic mass is 10.1. The van der Waals surface area contributed by atoms with E-state index in [0.717, 1.165) is 42.4 Å². The Morgan fingerprint density at radius 2 is 1.56 bits per heavy atom. The van der Waals surface area contributed by atoms with Gasteiger partial charge in [-0.2, -0.15) is 4.98 Å². The molecule has 3 rings (SSSR count). The second-order valence-corrected chi connectivity index (χ2v) is 6.61. The van der Waals surface area contributed by atoms with Crippen molar-refractivity contribution < 1.29 is 0 Å². The van der Waals surface area contributed by atoms with Gasteiger partial charge in [-0.1, -0.05) is 48.5 Å². The molecule has 1 aromatic heterocycles. The zero-order valence-corrected chi connectivity index (χ0v) is 16.3. The summed E-state index contributed by atoms with van der Waals surface area (Å²) in [5.41, 5.74) is 3.13. The summed E-state index contributed by atoms with van der Waals surface area (Å²) in [6.45, 7) is 4.68. The van der Waals surface area contributed by atoms with Crippen molar-refractivity contribution in [1.29, 1.82) is 0 Å². The Labute approximate surface area is 161 Å². The molecule has 1 N–H and O–H groups in total. The third-order valence-electron chi connectivity index (χ3n) is 4.28. The molecule has 27 heavy (non-hydrogen) atoms. The summed E-state index contributed by atoms with van der Waals surface area (Å²) < 4.78 is 0. The first-order valence-corrected chi connectivity index (χ1v) is 9.33. The molecule has 0 spiro atoms. The van der Waals surface area contributed by atoms with Crippen molar-refractivity contribution in [3.05, 3.63) is 66.7 Å². The lowest BCUT2D eigenvalue weighted by Crippen LogP contribution is -2.22. The fourth-order valence-electron chi connectivity index (χ4n) is 2.88. The summed E-state index contributed by atoms with van der Waals surface area (Å²) in [6, 6.07) is 22.6. The fourth-order valence-corrected chi connectivity index (χ4v) is 2.88. The molecule has 1 heterocycles. The smallest absolute Gasteiger partial charge is 0.225 e. The molecule has 0 saturated heterocycles. The van der Waals surface area contributed by atoms with Gasteiger partial charge in [-0.25, -0.2) is 4.98 Å². The van der Waals surface area contributed by atoms with Crippen LogP contribution >= 0.6 is 0 Å². The van der Waals surface area contributed by atoms with Crippen LogP contribution in [0.4, 0.5) is 17.5 Å². The summed E-state index contributed by atoms with van der Waals surface area (Å²) >= 11 is 0. The van der Waals surface area contributed by atoms with E-state index in [0.29, 0.717) is 5.95 Å². The second-order valence-electron chi connectivity index (χ2n) is 6.61. The molecule has 2 aromatic carbocycles. The topological polar surface area (TPSA) is 44.3 Å². The first-order chi connectivity index (χ1) is 13.2. The summed E-state index contributed by atoms with van der Waals surface area (Å²) in [5, 5.41) is 3.37. The lowest BCUT2D eigenvalue weighted by Gasteiger charge is -2.23. The van der Waals surface area contributed by atoms with Gasteiger partial charge in [0.25, 0.3) is 0 Å². The Kier molecular flexibility index (Phi) is 6.39. The van der Waals surface area contributed by atoms with Crippen LogP contribution in [-0.2, 0) is 0 Å². The second kappa shape index (κ2) is 9.14.